The number of aliphatic hydroxyl groups is 2. The Kier molecular flexibility index (Phi) is 4.91. The second kappa shape index (κ2) is 7.56. The van der Waals surface area contributed by atoms with E-state index in [0.717, 1.165) is 0 Å². The summed E-state index contributed by atoms with van der Waals surface area (Å²) in [6.07, 6.45) is -0.179. The number of nitrogens with zero attached hydrogens (tertiary/aromatic N) is 2. The third-order valence-corrected chi connectivity index (χ3v) is 6.94. The Morgan fingerprint density at radius 1 is 1.21 bits per heavy atom. The number of benzene rings is 2. The SMILES string of the molecule is CNC(=O)C1C(O)C2(O)c3ncc(Cl)cc3OC2(c2ccc(C#N)cc2)C1c1ccccc1. The zero-order chi connectivity index (χ0) is 23.4. The lowest BCUT2D eigenvalue weighted by molar-refractivity contribution is -0.155. The van der Waals surface area contributed by atoms with E-state index in [1.54, 1.807) is 24.3 Å². The number of aromatic nitrogens is 1. The molecule has 0 saturated heterocycles. The van der Waals surface area contributed by atoms with Gasteiger partial charge in [-0.1, -0.05) is 54.1 Å². The fraction of sp³-hybridized carbons (Fsp3) is 0.240. The predicted molar refractivity (Wildman–Crippen MR) is 119 cm³/mol. The third kappa shape index (κ3) is 2.75. The lowest BCUT2D eigenvalue weighted by Gasteiger charge is -2.40. The van der Waals surface area contributed by atoms with E-state index in [0.29, 0.717) is 21.7 Å². The van der Waals surface area contributed by atoms with E-state index in [1.807, 2.05) is 30.3 Å². The zero-order valence-corrected chi connectivity index (χ0v) is 18.3. The maximum atomic E-state index is 13.1. The Balaban J connectivity index is 1.86. The molecule has 5 atom stereocenters. The first-order valence-electron chi connectivity index (χ1n) is 10.4. The minimum Gasteiger partial charge on any atom is -0.476 e. The summed E-state index contributed by atoms with van der Waals surface area (Å²) in [5.74, 6) is -2.06. The average molecular weight is 462 g/mol. The van der Waals surface area contributed by atoms with E-state index in [1.165, 1.54) is 19.3 Å². The number of rotatable bonds is 3. The number of aliphatic hydroxyl groups excluding tert-OH is 1. The second-order valence-corrected chi connectivity index (χ2v) is 8.70. The summed E-state index contributed by atoms with van der Waals surface area (Å²) >= 11 is 6.16. The molecule has 8 heteroatoms. The highest BCUT2D eigenvalue weighted by Gasteiger charge is 2.78. The van der Waals surface area contributed by atoms with Crippen molar-refractivity contribution in [3.63, 3.8) is 0 Å². The van der Waals surface area contributed by atoms with Crippen molar-refractivity contribution < 1.29 is 19.7 Å². The molecule has 1 aromatic heterocycles. The molecule has 5 unspecified atom stereocenters. The first-order valence-corrected chi connectivity index (χ1v) is 10.8. The van der Waals surface area contributed by atoms with E-state index >= 15 is 0 Å². The van der Waals surface area contributed by atoms with Gasteiger partial charge in [-0.05, 0) is 23.3 Å². The van der Waals surface area contributed by atoms with Crippen LogP contribution in [0, 0.1) is 17.2 Å². The number of hydrogen-bond acceptors (Lipinski definition) is 6. The van der Waals surface area contributed by atoms with E-state index < -0.39 is 35.0 Å². The Hall–Kier alpha value is -3.44. The van der Waals surface area contributed by atoms with Crippen LogP contribution in [0.2, 0.25) is 5.02 Å². The van der Waals surface area contributed by atoms with Crippen LogP contribution in [-0.4, -0.2) is 34.3 Å². The molecule has 1 fully saturated rings. The summed E-state index contributed by atoms with van der Waals surface area (Å²) in [4.78, 5) is 17.4. The standard InChI is InChI=1S/C25H20ClN3O4/c1-28-23(31)19-20(15-5-3-2-4-6-15)25(16-9-7-14(12-27)8-10-16)24(32,22(19)30)21-18(33-25)11-17(26)13-29-21/h2-11,13,19-20,22,30,32H,1H3,(H,28,31). The van der Waals surface area contributed by atoms with Gasteiger partial charge in [0, 0.05) is 25.2 Å². The highest BCUT2D eigenvalue weighted by Crippen LogP contribution is 2.68. The lowest BCUT2D eigenvalue weighted by Crippen LogP contribution is -2.52. The molecule has 3 N–H and O–H groups in total. The van der Waals surface area contributed by atoms with Crippen LogP contribution in [0.3, 0.4) is 0 Å². The topological polar surface area (TPSA) is 115 Å². The maximum absolute atomic E-state index is 13.1. The van der Waals surface area contributed by atoms with Gasteiger partial charge in [0.15, 0.2) is 11.2 Å². The molecule has 3 aromatic rings. The first-order chi connectivity index (χ1) is 15.9. The minimum atomic E-state index is -2.07. The summed E-state index contributed by atoms with van der Waals surface area (Å²) in [5.41, 5.74) is -1.96. The summed E-state index contributed by atoms with van der Waals surface area (Å²) in [5, 5.41) is 36.1. The number of halogens is 1. The van der Waals surface area contributed by atoms with Crippen LogP contribution in [0.5, 0.6) is 5.75 Å². The molecule has 1 saturated carbocycles. The van der Waals surface area contributed by atoms with Crippen molar-refractivity contribution in [1.29, 1.82) is 5.26 Å². The van der Waals surface area contributed by atoms with Gasteiger partial charge in [0.05, 0.1) is 22.6 Å². The van der Waals surface area contributed by atoms with Crippen LogP contribution < -0.4 is 10.1 Å². The normalized spacial score (nSPS) is 29.5. The molecule has 2 aromatic carbocycles. The van der Waals surface area contributed by atoms with Crippen LogP contribution in [-0.2, 0) is 16.0 Å². The van der Waals surface area contributed by atoms with Gasteiger partial charge in [-0.3, -0.25) is 9.78 Å². The van der Waals surface area contributed by atoms with Gasteiger partial charge in [0.2, 0.25) is 5.91 Å². The Bertz CT molecular complexity index is 1280. The average Bonchev–Trinajstić information content (AvgIpc) is 3.21. The number of nitrogens with one attached hydrogen (secondary N) is 1. The van der Waals surface area contributed by atoms with Crippen molar-refractivity contribution in [2.45, 2.75) is 23.2 Å². The summed E-state index contributed by atoms with van der Waals surface area (Å²) in [6, 6.07) is 19.3. The van der Waals surface area contributed by atoms with Gasteiger partial charge >= 0.3 is 0 Å². The smallest absolute Gasteiger partial charge is 0.226 e. The van der Waals surface area contributed by atoms with Crippen molar-refractivity contribution in [3.8, 4) is 11.8 Å². The first kappa shape index (κ1) is 21.4. The number of carbonyl (C=O) groups excluding carboxylic acids is 1. The third-order valence-electron chi connectivity index (χ3n) is 6.73. The van der Waals surface area contributed by atoms with Gasteiger partial charge in [-0.25, -0.2) is 0 Å². The van der Waals surface area contributed by atoms with Gasteiger partial charge in [-0.2, -0.15) is 5.26 Å². The molecular weight excluding hydrogens is 442 g/mol. The molecule has 5 rings (SSSR count). The molecule has 1 aliphatic carbocycles. The van der Waals surface area contributed by atoms with Crippen LogP contribution >= 0.6 is 11.6 Å². The van der Waals surface area contributed by atoms with Gasteiger partial charge < -0.3 is 20.3 Å². The van der Waals surface area contributed by atoms with Gasteiger partial charge in [0.25, 0.3) is 0 Å². The summed E-state index contributed by atoms with van der Waals surface area (Å²) < 4.78 is 6.50. The highest BCUT2D eigenvalue weighted by atomic mass is 35.5. The quantitative estimate of drug-likeness (QED) is 0.552. The maximum Gasteiger partial charge on any atom is 0.226 e. The number of fused-ring (bicyclic) bond motifs is 3. The van der Waals surface area contributed by atoms with E-state index in [-0.39, 0.29) is 11.4 Å². The van der Waals surface area contributed by atoms with E-state index in [9.17, 15) is 20.3 Å². The number of amides is 1. The Morgan fingerprint density at radius 3 is 2.55 bits per heavy atom. The fourth-order valence-corrected chi connectivity index (χ4v) is 5.53. The number of ether oxygens (including phenoxy) is 1. The van der Waals surface area contributed by atoms with Crippen molar-refractivity contribution in [2.24, 2.45) is 5.92 Å². The van der Waals surface area contributed by atoms with Crippen LogP contribution in [0.1, 0.15) is 28.3 Å². The Morgan fingerprint density at radius 2 is 1.91 bits per heavy atom. The van der Waals surface area contributed by atoms with E-state index in [4.69, 9.17) is 16.3 Å². The predicted octanol–water partition coefficient (Wildman–Crippen LogP) is 2.60. The number of hydrogen-bond donors (Lipinski definition) is 3. The van der Waals surface area contributed by atoms with Crippen molar-refractivity contribution in [1.82, 2.24) is 10.3 Å². The largest absolute Gasteiger partial charge is 0.476 e. The lowest BCUT2D eigenvalue weighted by atomic mass is 9.71. The van der Waals surface area contributed by atoms with Crippen LogP contribution in [0.25, 0.3) is 0 Å². The van der Waals surface area contributed by atoms with Crippen LogP contribution in [0.15, 0.2) is 66.9 Å². The molecular formula is C25H20ClN3O4. The molecule has 33 heavy (non-hydrogen) atoms. The zero-order valence-electron chi connectivity index (χ0n) is 17.6. The van der Waals surface area contributed by atoms with Crippen molar-refractivity contribution >= 4 is 17.5 Å². The molecule has 0 spiro atoms. The van der Waals surface area contributed by atoms with Gasteiger partial charge in [0.1, 0.15) is 17.5 Å². The number of nitriles is 1. The molecule has 0 bridgehead atoms. The van der Waals surface area contributed by atoms with Crippen molar-refractivity contribution in [2.75, 3.05) is 7.05 Å². The molecule has 7 nitrogen and oxygen atoms in total. The minimum absolute atomic E-state index is 0.107. The summed E-state index contributed by atoms with van der Waals surface area (Å²) in [6.45, 7) is 0. The highest BCUT2D eigenvalue weighted by molar-refractivity contribution is 6.30. The van der Waals surface area contributed by atoms with Crippen molar-refractivity contribution in [3.05, 3.63) is 94.3 Å². The summed E-state index contributed by atoms with van der Waals surface area (Å²) in [7, 11) is 1.48. The second-order valence-electron chi connectivity index (χ2n) is 8.27. The fourth-order valence-electron chi connectivity index (χ4n) is 5.38. The Labute approximate surface area is 195 Å². The molecule has 1 aliphatic heterocycles. The van der Waals surface area contributed by atoms with E-state index in [2.05, 4.69) is 16.4 Å². The molecule has 166 valence electrons. The van der Waals surface area contributed by atoms with Crippen LogP contribution in [0.4, 0.5) is 0 Å². The molecule has 0 radical (unpaired) electrons. The molecule has 2 heterocycles. The monoisotopic (exact) mass is 461 g/mol. The van der Waals surface area contributed by atoms with Gasteiger partial charge in [-0.15, -0.1) is 0 Å². The number of carbonyl (C=O) groups is 1. The molecule has 1 amide bonds. The number of pyridine rings is 1. The molecule has 2 aliphatic rings.